The van der Waals surface area contributed by atoms with E-state index in [-0.39, 0.29) is 5.91 Å². The van der Waals surface area contributed by atoms with Crippen molar-refractivity contribution in [3.8, 4) is 0 Å². The Morgan fingerprint density at radius 3 is 2.19 bits per heavy atom. The lowest BCUT2D eigenvalue weighted by molar-refractivity contribution is -0.138. The third-order valence-electron chi connectivity index (χ3n) is 4.03. The Morgan fingerprint density at radius 2 is 1.58 bits per heavy atom. The summed E-state index contributed by atoms with van der Waals surface area (Å²) in [6.07, 6.45) is 1.67. The summed E-state index contributed by atoms with van der Waals surface area (Å²) in [6.45, 7) is 3.68. The normalized spacial score (nSPS) is 11.1. The van der Waals surface area contributed by atoms with Crippen molar-refractivity contribution in [1.82, 2.24) is 5.32 Å². The molecule has 0 spiro atoms. The van der Waals surface area contributed by atoms with Crippen LogP contribution in [0.1, 0.15) is 25.8 Å². The zero-order chi connectivity index (χ0) is 19.2. The summed E-state index contributed by atoms with van der Waals surface area (Å²) in [5.74, 6) is -0.743. The molecule has 2 rings (SSSR count). The second-order valence-corrected chi connectivity index (χ2v) is 7.46. The van der Waals surface area contributed by atoms with E-state index < -0.39 is 11.3 Å². The third-order valence-corrected chi connectivity index (χ3v) is 4.46. The van der Waals surface area contributed by atoms with E-state index in [2.05, 4.69) is 22.8 Å². The lowest BCUT2D eigenvalue weighted by Crippen LogP contribution is -2.45. The maximum absolute atomic E-state index is 12.5. The lowest BCUT2D eigenvalue weighted by atomic mass is 9.91. The van der Waals surface area contributed by atoms with Gasteiger partial charge in [-0.1, -0.05) is 53.5 Å². The Bertz CT molecular complexity index is 756. The predicted octanol–water partition coefficient (Wildman–Crippen LogP) is 4.71. The minimum absolute atomic E-state index is 0.323. The fourth-order valence-corrected chi connectivity index (χ4v) is 2.90. The zero-order valence-corrected chi connectivity index (χ0v) is 16.3. The van der Waals surface area contributed by atoms with Crippen LogP contribution in [0, 0.1) is 5.41 Å². The molecule has 0 unspecified atom stereocenters. The van der Waals surface area contributed by atoms with Crippen LogP contribution in [0.15, 0.2) is 48.5 Å². The van der Waals surface area contributed by atoms with Gasteiger partial charge in [-0.2, -0.15) is 0 Å². The molecule has 0 saturated heterocycles. The highest BCUT2D eigenvalue weighted by Gasteiger charge is 2.35. The molecule has 138 valence electrons. The molecule has 0 bridgehead atoms. The molecule has 2 amide bonds. The number of amides is 2. The minimum Gasteiger partial charge on any atom is -0.355 e. The quantitative estimate of drug-likeness (QED) is 0.529. The lowest BCUT2D eigenvalue weighted by Gasteiger charge is -2.23. The third kappa shape index (κ3) is 5.75. The summed E-state index contributed by atoms with van der Waals surface area (Å²) in [4.78, 5) is 24.9. The van der Waals surface area contributed by atoms with Crippen LogP contribution in [0.2, 0.25) is 10.0 Å². The van der Waals surface area contributed by atoms with Crippen LogP contribution >= 0.6 is 23.2 Å². The molecule has 0 radical (unpaired) electrons. The van der Waals surface area contributed by atoms with E-state index in [1.807, 2.05) is 18.2 Å². The standard InChI is InChI=1S/C20H22Cl2N2O2/c1-20(2,19(26)24-17-12-15(21)11-16(22)13-17)18(25)23-10-6-9-14-7-4-3-5-8-14/h3-5,7-8,11-13H,6,9-10H2,1-2H3,(H,23,25)(H,24,26). The van der Waals surface area contributed by atoms with Crippen molar-refractivity contribution in [1.29, 1.82) is 0 Å². The van der Waals surface area contributed by atoms with Crippen molar-refractivity contribution in [3.63, 3.8) is 0 Å². The van der Waals surface area contributed by atoms with Gasteiger partial charge in [0, 0.05) is 22.3 Å². The number of hydrogen-bond donors (Lipinski definition) is 2. The number of anilines is 1. The van der Waals surface area contributed by atoms with Crippen LogP contribution in [0.5, 0.6) is 0 Å². The van der Waals surface area contributed by atoms with Gasteiger partial charge in [0.25, 0.3) is 0 Å². The maximum Gasteiger partial charge on any atom is 0.239 e. The van der Waals surface area contributed by atoms with Gasteiger partial charge in [0.2, 0.25) is 11.8 Å². The molecule has 0 aliphatic carbocycles. The summed E-state index contributed by atoms with van der Waals surface area (Å²) >= 11 is 11.9. The van der Waals surface area contributed by atoms with E-state index in [1.54, 1.807) is 32.0 Å². The second-order valence-electron chi connectivity index (χ2n) is 6.58. The number of benzene rings is 2. The predicted molar refractivity (Wildman–Crippen MR) is 107 cm³/mol. The number of carbonyl (C=O) groups excluding carboxylic acids is 2. The van der Waals surface area contributed by atoms with Crippen LogP contribution in [0.4, 0.5) is 5.69 Å². The van der Waals surface area contributed by atoms with Crippen LogP contribution in [0.3, 0.4) is 0 Å². The largest absolute Gasteiger partial charge is 0.355 e. The molecule has 0 aliphatic heterocycles. The minimum atomic E-state index is -1.22. The molecular formula is C20H22Cl2N2O2. The molecule has 6 heteroatoms. The molecule has 2 aromatic carbocycles. The number of nitrogens with one attached hydrogen (secondary N) is 2. The molecule has 0 aromatic heterocycles. The highest BCUT2D eigenvalue weighted by atomic mass is 35.5. The Hall–Kier alpha value is -2.04. The van der Waals surface area contributed by atoms with Crippen molar-refractivity contribution in [3.05, 3.63) is 64.1 Å². The second kappa shape index (κ2) is 9.06. The van der Waals surface area contributed by atoms with E-state index in [1.165, 1.54) is 5.56 Å². The van der Waals surface area contributed by atoms with E-state index in [0.717, 1.165) is 12.8 Å². The first-order chi connectivity index (χ1) is 12.3. The fourth-order valence-electron chi connectivity index (χ4n) is 2.38. The monoisotopic (exact) mass is 392 g/mol. The average molecular weight is 393 g/mol. The van der Waals surface area contributed by atoms with Gasteiger partial charge < -0.3 is 10.6 Å². The van der Waals surface area contributed by atoms with Gasteiger partial charge in [0.1, 0.15) is 5.41 Å². The fraction of sp³-hybridized carbons (Fsp3) is 0.300. The Morgan fingerprint density at radius 1 is 0.962 bits per heavy atom. The Kier molecular flexibility index (Phi) is 7.06. The molecule has 0 aliphatic rings. The topological polar surface area (TPSA) is 58.2 Å². The summed E-state index contributed by atoms with van der Waals surface area (Å²) in [5.41, 5.74) is 0.454. The number of hydrogen-bond acceptors (Lipinski definition) is 2. The number of rotatable bonds is 7. The van der Waals surface area contributed by atoms with Crippen molar-refractivity contribution in [2.24, 2.45) is 5.41 Å². The van der Waals surface area contributed by atoms with Crippen molar-refractivity contribution >= 4 is 40.7 Å². The molecule has 0 fully saturated rings. The SMILES string of the molecule is CC(C)(C(=O)NCCCc1ccccc1)C(=O)Nc1cc(Cl)cc(Cl)c1. The molecule has 26 heavy (non-hydrogen) atoms. The van der Waals surface area contributed by atoms with Crippen LogP contribution in [-0.4, -0.2) is 18.4 Å². The zero-order valence-electron chi connectivity index (χ0n) is 14.8. The summed E-state index contributed by atoms with van der Waals surface area (Å²) in [6, 6.07) is 14.8. The van der Waals surface area contributed by atoms with Gasteiger partial charge in [-0.05, 0) is 50.5 Å². The van der Waals surface area contributed by atoms with Gasteiger partial charge in [0.15, 0.2) is 0 Å². The van der Waals surface area contributed by atoms with Crippen LogP contribution < -0.4 is 10.6 Å². The van der Waals surface area contributed by atoms with Gasteiger partial charge in [-0.15, -0.1) is 0 Å². The van der Waals surface area contributed by atoms with E-state index >= 15 is 0 Å². The highest BCUT2D eigenvalue weighted by Crippen LogP contribution is 2.25. The summed E-state index contributed by atoms with van der Waals surface area (Å²) in [7, 11) is 0. The molecule has 2 N–H and O–H groups in total. The molecule has 0 saturated carbocycles. The number of halogens is 2. The molecule has 4 nitrogen and oxygen atoms in total. The van der Waals surface area contributed by atoms with Crippen molar-refractivity contribution in [2.75, 3.05) is 11.9 Å². The van der Waals surface area contributed by atoms with Gasteiger partial charge in [-0.3, -0.25) is 9.59 Å². The van der Waals surface area contributed by atoms with Gasteiger partial charge in [-0.25, -0.2) is 0 Å². The van der Waals surface area contributed by atoms with Gasteiger partial charge >= 0.3 is 0 Å². The first kappa shape index (κ1) is 20.3. The van der Waals surface area contributed by atoms with E-state index in [0.29, 0.717) is 22.3 Å². The first-order valence-electron chi connectivity index (χ1n) is 8.39. The molecule has 0 heterocycles. The smallest absolute Gasteiger partial charge is 0.239 e. The van der Waals surface area contributed by atoms with Crippen LogP contribution in [0.25, 0.3) is 0 Å². The molecule has 0 atom stereocenters. The van der Waals surface area contributed by atoms with Crippen molar-refractivity contribution in [2.45, 2.75) is 26.7 Å². The maximum atomic E-state index is 12.5. The van der Waals surface area contributed by atoms with Gasteiger partial charge in [0.05, 0.1) is 0 Å². The van der Waals surface area contributed by atoms with E-state index in [9.17, 15) is 9.59 Å². The summed E-state index contributed by atoms with van der Waals surface area (Å²) < 4.78 is 0. The first-order valence-corrected chi connectivity index (χ1v) is 9.14. The van der Waals surface area contributed by atoms with Crippen LogP contribution in [-0.2, 0) is 16.0 Å². The Balaban J connectivity index is 1.86. The number of carbonyl (C=O) groups is 2. The van der Waals surface area contributed by atoms with E-state index in [4.69, 9.17) is 23.2 Å². The highest BCUT2D eigenvalue weighted by molar-refractivity contribution is 6.35. The average Bonchev–Trinajstić information content (AvgIpc) is 2.58. The molecular weight excluding hydrogens is 371 g/mol. The van der Waals surface area contributed by atoms with Crippen molar-refractivity contribution < 1.29 is 9.59 Å². The number of aryl methyl sites for hydroxylation is 1. The Labute approximate surface area is 163 Å². The molecule has 2 aromatic rings. The summed E-state index contributed by atoms with van der Waals surface area (Å²) in [5, 5.41) is 6.35.